The highest BCUT2D eigenvalue weighted by Crippen LogP contribution is 2.34. The topological polar surface area (TPSA) is 63.7 Å². The zero-order valence-electron chi connectivity index (χ0n) is 20.8. The second-order valence-corrected chi connectivity index (χ2v) is 9.57. The molecule has 0 saturated carbocycles. The number of carbonyl (C=O) groups is 1. The second kappa shape index (κ2) is 11.7. The molecule has 6 nitrogen and oxygen atoms in total. The first kappa shape index (κ1) is 27.5. The van der Waals surface area contributed by atoms with Gasteiger partial charge in [0, 0.05) is 41.3 Å². The highest BCUT2D eigenvalue weighted by Gasteiger charge is 2.30. The minimum atomic E-state index is -4.45. The Balaban J connectivity index is 1.70. The van der Waals surface area contributed by atoms with Crippen LogP contribution < -0.4 is 14.8 Å². The number of nitrogens with one attached hydrogen (secondary N) is 1. The highest BCUT2D eigenvalue weighted by atomic mass is 32.1. The van der Waals surface area contributed by atoms with Gasteiger partial charge in [0.2, 0.25) is 0 Å². The third-order valence-electron chi connectivity index (χ3n) is 5.53. The molecular formula is C26H30F3N3O3S. The van der Waals surface area contributed by atoms with Crippen LogP contribution in [-0.2, 0) is 6.18 Å². The van der Waals surface area contributed by atoms with Crippen molar-refractivity contribution in [3.8, 4) is 22.1 Å². The van der Waals surface area contributed by atoms with Gasteiger partial charge in [0.05, 0.1) is 12.7 Å². The number of methoxy groups -OCH3 is 1. The first-order valence-electron chi connectivity index (χ1n) is 11.5. The number of hydrogen-bond donors (Lipinski definition) is 1. The quantitative estimate of drug-likeness (QED) is 0.326. The van der Waals surface area contributed by atoms with Gasteiger partial charge in [0.15, 0.2) is 11.5 Å². The standard InChI is InChI=1S/C26H30F3N3O3S/c1-16(2)32(17(3)4)11-12-35-23-14-20(9-10-22(23)34-5)30-24(33)21-15-36-25(31-21)18-7-6-8-19(13-18)26(27,28)29/h6-10,13-17H,11-12H2,1-5H3,(H,30,33). The maximum atomic E-state index is 13.0. The van der Waals surface area contributed by atoms with Crippen LogP contribution in [0.15, 0.2) is 47.8 Å². The summed E-state index contributed by atoms with van der Waals surface area (Å²) in [6.45, 7) is 9.70. The van der Waals surface area contributed by atoms with E-state index < -0.39 is 17.6 Å². The summed E-state index contributed by atoms with van der Waals surface area (Å²) in [4.78, 5) is 19.3. The van der Waals surface area contributed by atoms with E-state index in [4.69, 9.17) is 9.47 Å². The average molecular weight is 522 g/mol. The van der Waals surface area contributed by atoms with Crippen LogP contribution in [0.25, 0.3) is 10.6 Å². The van der Waals surface area contributed by atoms with Crippen molar-refractivity contribution in [1.29, 1.82) is 0 Å². The van der Waals surface area contributed by atoms with E-state index in [-0.39, 0.29) is 5.69 Å². The molecule has 0 bridgehead atoms. The highest BCUT2D eigenvalue weighted by molar-refractivity contribution is 7.13. The Morgan fingerprint density at radius 2 is 1.81 bits per heavy atom. The monoisotopic (exact) mass is 521 g/mol. The fourth-order valence-corrected chi connectivity index (χ4v) is 4.57. The van der Waals surface area contributed by atoms with Gasteiger partial charge >= 0.3 is 6.18 Å². The lowest BCUT2D eigenvalue weighted by molar-refractivity contribution is -0.137. The second-order valence-electron chi connectivity index (χ2n) is 8.71. The van der Waals surface area contributed by atoms with Gasteiger partial charge in [-0.1, -0.05) is 12.1 Å². The van der Waals surface area contributed by atoms with Gasteiger partial charge < -0.3 is 14.8 Å². The zero-order chi connectivity index (χ0) is 26.5. The van der Waals surface area contributed by atoms with E-state index in [1.807, 2.05) is 0 Å². The van der Waals surface area contributed by atoms with Crippen molar-refractivity contribution in [1.82, 2.24) is 9.88 Å². The molecule has 0 spiro atoms. The summed E-state index contributed by atoms with van der Waals surface area (Å²) < 4.78 is 50.4. The Bertz CT molecular complexity index is 1170. The van der Waals surface area contributed by atoms with Gasteiger partial charge in [-0.3, -0.25) is 9.69 Å². The number of thiazole rings is 1. The van der Waals surface area contributed by atoms with Gasteiger partial charge in [-0.05, 0) is 52.0 Å². The molecule has 1 heterocycles. The van der Waals surface area contributed by atoms with Gasteiger partial charge in [-0.2, -0.15) is 13.2 Å². The molecule has 36 heavy (non-hydrogen) atoms. The first-order chi connectivity index (χ1) is 17.0. The normalized spacial score (nSPS) is 11.9. The Hall–Kier alpha value is -3.11. The molecule has 3 rings (SSSR count). The van der Waals surface area contributed by atoms with Crippen LogP contribution in [0.3, 0.4) is 0 Å². The largest absolute Gasteiger partial charge is 0.493 e. The molecule has 0 aliphatic heterocycles. The Morgan fingerprint density at radius 1 is 1.08 bits per heavy atom. The minimum absolute atomic E-state index is 0.107. The lowest BCUT2D eigenvalue weighted by Crippen LogP contribution is -2.39. The van der Waals surface area contributed by atoms with Crippen molar-refractivity contribution < 1.29 is 27.4 Å². The number of nitrogens with zero attached hydrogens (tertiary/aromatic N) is 2. The number of halogens is 3. The molecule has 0 aliphatic rings. The minimum Gasteiger partial charge on any atom is -0.493 e. The zero-order valence-corrected chi connectivity index (χ0v) is 21.7. The summed E-state index contributed by atoms with van der Waals surface area (Å²) in [5.74, 6) is 0.547. The van der Waals surface area contributed by atoms with E-state index in [1.165, 1.54) is 17.5 Å². The predicted molar refractivity (Wildman–Crippen MR) is 136 cm³/mol. The molecule has 2 aromatic carbocycles. The van der Waals surface area contributed by atoms with Crippen LogP contribution in [0.5, 0.6) is 11.5 Å². The summed E-state index contributed by atoms with van der Waals surface area (Å²) in [6, 6.07) is 10.7. The SMILES string of the molecule is COc1ccc(NC(=O)c2csc(-c3cccc(C(F)(F)F)c3)n2)cc1OCCN(C(C)C)C(C)C. The van der Waals surface area contributed by atoms with Crippen molar-refractivity contribution in [3.63, 3.8) is 0 Å². The summed E-state index contributed by atoms with van der Waals surface area (Å²) in [6.07, 6.45) is -4.45. The molecule has 1 amide bonds. The fraction of sp³-hybridized carbons (Fsp3) is 0.385. The Labute approximate surface area is 213 Å². The lowest BCUT2D eigenvalue weighted by atomic mass is 10.1. The molecule has 0 fully saturated rings. The fourth-order valence-electron chi connectivity index (χ4n) is 3.78. The molecule has 0 atom stereocenters. The molecule has 194 valence electrons. The summed E-state index contributed by atoms with van der Waals surface area (Å²) >= 11 is 1.10. The van der Waals surface area contributed by atoms with Crippen LogP contribution in [0.2, 0.25) is 0 Å². The number of rotatable bonds is 10. The number of amides is 1. The molecule has 0 radical (unpaired) electrons. The number of anilines is 1. The van der Waals surface area contributed by atoms with E-state index in [1.54, 1.807) is 25.3 Å². The van der Waals surface area contributed by atoms with Gasteiger partial charge in [0.25, 0.3) is 5.91 Å². The number of carbonyl (C=O) groups excluding carboxylic acids is 1. The number of aromatic nitrogens is 1. The lowest BCUT2D eigenvalue weighted by Gasteiger charge is -2.30. The Morgan fingerprint density at radius 3 is 2.44 bits per heavy atom. The van der Waals surface area contributed by atoms with Crippen LogP contribution in [0, 0.1) is 0 Å². The van der Waals surface area contributed by atoms with Crippen molar-refractivity contribution in [3.05, 3.63) is 59.1 Å². The molecule has 0 saturated heterocycles. The molecule has 0 aliphatic carbocycles. The number of benzene rings is 2. The number of alkyl halides is 3. The molecule has 1 aromatic heterocycles. The van der Waals surface area contributed by atoms with E-state index in [9.17, 15) is 18.0 Å². The average Bonchev–Trinajstić information content (AvgIpc) is 3.32. The third kappa shape index (κ3) is 6.98. The van der Waals surface area contributed by atoms with Crippen LogP contribution >= 0.6 is 11.3 Å². The predicted octanol–water partition coefficient (Wildman–Crippen LogP) is 6.59. The van der Waals surface area contributed by atoms with E-state index in [0.717, 1.165) is 30.0 Å². The maximum absolute atomic E-state index is 13.0. The molecular weight excluding hydrogens is 491 g/mol. The molecule has 3 aromatic rings. The molecule has 0 unspecified atom stereocenters. The summed E-state index contributed by atoms with van der Waals surface area (Å²) in [5.41, 5.74) is 0.118. The first-order valence-corrected chi connectivity index (χ1v) is 12.4. The van der Waals surface area contributed by atoms with Gasteiger partial charge in [-0.15, -0.1) is 11.3 Å². The summed E-state index contributed by atoms with van der Waals surface area (Å²) in [7, 11) is 1.54. The maximum Gasteiger partial charge on any atom is 0.416 e. The van der Waals surface area contributed by atoms with E-state index in [2.05, 4.69) is 42.9 Å². The molecule has 10 heteroatoms. The van der Waals surface area contributed by atoms with Gasteiger partial charge in [0.1, 0.15) is 17.3 Å². The summed E-state index contributed by atoms with van der Waals surface area (Å²) in [5, 5.41) is 4.60. The number of ether oxygens (including phenoxy) is 2. The van der Waals surface area contributed by atoms with E-state index in [0.29, 0.717) is 46.4 Å². The van der Waals surface area contributed by atoms with Crippen molar-refractivity contribution in [2.45, 2.75) is 46.0 Å². The Kier molecular flexibility index (Phi) is 8.97. The van der Waals surface area contributed by atoms with Crippen LogP contribution in [0.1, 0.15) is 43.7 Å². The van der Waals surface area contributed by atoms with Crippen LogP contribution in [-0.4, -0.2) is 48.1 Å². The van der Waals surface area contributed by atoms with Crippen LogP contribution in [0.4, 0.5) is 18.9 Å². The molecule has 1 N–H and O–H groups in total. The number of hydrogen-bond acceptors (Lipinski definition) is 6. The third-order valence-corrected chi connectivity index (χ3v) is 6.42. The smallest absolute Gasteiger partial charge is 0.416 e. The van der Waals surface area contributed by atoms with Crippen molar-refractivity contribution in [2.75, 3.05) is 25.6 Å². The van der Waals surface area contributed by atoms with Crippen molar-refractivity contribution >= 4 is 22.9 Å². The van der Waals surface area contributed by atoms with Crippen molar-refractivity contribution in [2.24, 2.45) is 0 Å². The van der Waals surface area contributed by atoms with Gasteiger partial charge in [-0.25, -0.2) is 4.98 Å². The van der Waals surface area contributed by atoms with E-state index >= 15 is 0 Å².